The summed E-state index contributed by atoms with van der Waals surface area (Å²) >= 11 is 0. The number of hydrogen-bond donors (Lipinski definition) is 0. The number of nitrogens with zero attached hydrogens (tertiary/aromatic N) is 4. The number of fused-ring (bicyclic) bond motifs is 13. The Hall–Kier alpha value is -13.5. The van der Waals surface area contributed by atoms with Gasteiger partial charge in [-0.25, -0.2) is 0 Å². The van der Waals surface area contributed by atoms with Gasteiger partial charge in [-0.1, -0.05) is 318 Å². The van der Waals surface area contributed by atoms with Gasteiger partial charge in [-0.15, -0.1) is 0 Å². The van der Waals surface area contributed by atoms with Crippen LogP contribution in [0.25, 0.3) is 83.1 Å². The summed E-state index contributed by atoms with van der Waals surface area (Å²) in [5.74, 6) is 0. The van der Waals surface area contributed by atoms with Crippen LogP contribution in [0.1, 0.15) is 86.0 Å². The molecule has 16 aromatic carbocycles. The summed E-state index contributed by atoms with van der Waals surface area (Å²) in [5, 5.41) is 10.6. The minimum absolute atomic E-state index is 0.00293. The third-order valence-corrected chi connectivity index (χ3v) is 23.4. The molecule has 0 saturated heterocycles. The standard InChI is InChI=1S/C103H71BN4/c1-101(2,3)76-63-98-100-99(64-76)108(93-47-27-22-40-79(93)71-51-55-83-81-42-20-25-45-87(81)103(89(83)61-71,74-35-15-7-16-36-74)75-37-17-8-18-38-75)97-65-77(106-94-48-28-23-43-84(94)85-59-67(66-105)49-57-95(85)106)53-56-90(97)104(100)91-62-69(68-29-9-4-10-30-68)52-58-96(91)107(98)92-46-26-21-39-78(92)70-50-54-82-80-41-19-24-44-86(80)102(88(82)60-70,72-31-11-5-12-32-72)73-33-13-6-14-34-73/h4-65H,1-3H3/i23D,28D,43D,48D,49D,57D,59D. The molecule has 2 aliphatic heterocycles. The Morgan fingerprint density at radius 3 is 1.32 bits per heavy atom. The van der Waals surface area contributed by atoms with Gasteiger partial charge in [0.25, 0.3) is 6.71 Å². The first kappa shape index (κ1) is 55.9. The Labute approximate surface area is 640 Å². The van der Waals surface area contributed by atoms with Gasteiger partial charge in [-0.3, -0.25) is 0 Å². The van der Waals surface area contributed by atoms with Crippen molar-refractivity contribution in [3.63, 3.8) is 0 Å². The van der Waals surface area contributed by atoms with Crippen molar-refractivity contribution in [2.45, 2.75) is 37.0 Å². The highest BCUT2D eigenvalue weighted by Gasteiger charge is 2.50. The molecular weight excluding hydrogens is 1300 g/mol. The third-order valence-electron chi connectivity index (χ3n) is 23.4. The van der Waals surface area contributed by atoms with Gasteiger partial charge in [-0.05, 0) is 195 Å². The highest BCUT2D eigenvalue weighted by atomic mass is 15.2. The second kappa shape index (κ2) is 24.3. The molecule has 0 unspecified atom stereocenters. The highest BCUT2D eigenvalue weighted by molar-refractivity contribution is 7.00. The zero-order valence-electron chi connectivity index (χ0n) is 66.6. The van der Waals surface area contributed by atoms with Crippen LogP contribution in [0.5, 0.6) is 0 Å². The van der Waals surface area contributed by atoms with Gasteiger partial charge in [0.15, 0.2) is 0 Å². The molecule has 4 nitrogen and oxygen atoms in total. The van der Waals surface area contributed by atoms with E-state index in [0.29, 0.717) is 5.69 Å². The van der Waals surface area contributed by atoms with E-state index in [1.807, 2.05) is 18.2 Å². The fourth-order valence-electron chi connectivity index (χ4n) is 18.8. The maximum atomic E-state index is 10.6. The fraction of sp³-hybridized carbons (Fsp3) is 0.0583. The van der Waals surface area contributed by atoms with Crippen LogP contribution < -0.4 is 26.2 Å². The van der Waals surface area contributed by atoms with Crippen LogP contribution in [-0.2, 0) is 16.2 Å². The van der Waals surface area contributed by atoms with E-state index in [-0.39, 0.29) is 45.5 Å². The van der Waals surface area contributed by atoms with E-state index in [1.54, 1.807) is 4.57 Å². The van der Waals surface area contributed by atoms with Crippen molar-refractivity contribution in [2.24, 2.45) is 0 Å². The molecule has 17 aromatic rings. The molecular formula is C103H71BN4. The van der Waals surface area contributed by atoms with E-state index < -0.39 is 47.1 Å². The number of aromatic nitrogens is 1. The van der Waals surface area contributed by atoms with Gasteiger partial charge >= 0.3 is 0 Å². The zero-order valence-corrected chi connectivity index (χ0v) is 59.6. The zero-order chi connectivity index (χ0) is 78.1. The second-order valence-electron chi connectivity index (χ2n) is 29.9. The maximum Gasteiger partial charge on any atom is 0.252 e. The molecule has 2 aliphatic carbocycles. The molecule has 108 heavy (non-hydrogen) atoms. The molecule has 3 heterocycles. The Kier molecular flexibility index (Phi) is 12.6. The second-order valence-corrected chi connectivity index (χ2v) is 29.9. The Morgan fingerprint density at radius 2 is 0.796 bits per heavy atom. The highest BCUT2D eigenvalue weighted by Crippen LogP contribution is 2.60. The van der Waals surface area contributed by atoms with Crippen LogP contribution in [0, 0.1) is 11.3 Å². The number of para-hydroxylation sites is 3. The average molecular weight is 1380 g/mol. The van der Waals surface area contributed by atoms with Gasteiger partial charge in [0.2, 0.25) is 0 Å². The molecule has 1 aromatic heterocycles. The lowest BCUT2D eigenvalue weighted by Gasteiger charge is -2.46. The van der Waals surface area contributed by atoms with Crippen molar-refractivity contribution in [1.29, 1.82) is 5.26 Å². The molecule has 0 atom stereocenters. The quantitative estimate of drug-likeness (QED) is 0.128. The minimum atomic E-state index is -0.719. The van der Waals surface area contributed by atoms with E-state index in [0.717, 1.165) is 112 Å². The fourth-order valence-corrected chi connectivity index (χ4v) is 18.8. The summed E-state index contributed by atoms with van der Waals surface area (Å²) in [4.78, 5) is 4.93. The van der Waals surface area contributed by atoms with Gasteiger partial charge in [0.05, 0.1) is 54.5 Å². The number of benzene rings is 16. The van der Waals surface area contributed by atoms with E-state index >= 15 is 0 Å². The molecule has 5 heteroatoms. The smallest absolute Gasteiger partial charge is 0.252 e. The van der Waals surface area contributed by atoms with Crippen molar-refractivity contribution in [2.75, 3.05) is 9.80 Å². The summed E-state index contributed by atoms with van der Waals surface area (Å²) in [6.07, 6.45) is 0. The first-order valence-corrected chi connectivity index (χ1v) is 37.1. The normalized spacial score (nSPS) is 14.7. The van der Waals surface area contributed by atoms with Crippen molar-refractivity contribution < 1.29 is 9.60 Å². The molecule has 506 valence electrons. The lowest BCUT2D eigenvalue weighted by Crippen LogP contribution is -2.61. The van der Waals surface area contributed by atoms with E-state index in [9.17, 15) is 13.5 Å². The lowest BCUT2D eigenvalue weighted by molar-refractivity contribution is 0.590. The number of rotatable bonds is 10. The van der Waals surface area contributed by atoms with Crippen molar-refractivity contribution in [3.05, 3.63) is 432 Å². The van der Waals surface area contributed by atoms with Crippen LogP contribution in [-0.4, -0.2) is 11.3 Å². The Morgan fingerprint density at radius 1 is 0.343 bits per heavy atom. The van der Waals surface area contributed by atoms with Gasteiger partial charge in [0.1, 0.15) is 0 Å². The van der Waals surface area contributed by atoms with Crippen molar-refractivity contribution in [1.82, 2.24) is 4.57 Å². The molecule has 0 radical (unpaired) electrons. The number of anilines is 6. The molecule has 0 N–H and O–H groups in total. The number of nitriles is 1. The van der Waals surface area contributed by atoms with Gasteiger partial charge in [0, 0.05) is 50.3 Å². The predicted octanol–water partition coefficient (Wildman–Crippen LogP) is 23.8. The topological polar surface area (TPSA) is 35.2 Å². The first-order valence-electron chi connectivity index (χ1n) is 40.6. The molecule has 0 fully saturated rings. The summed E-state index contributed by atoms with van der Waals surface area (Å²) < 4.78 is 68.4. The molecule has 0 saturated carbocycles. The summed E-state index contributed by atoms with van der Waals surface area (Å²) in [7, 11) is 0. The SMILES string of the molecule is [2H]c1c([2H])c([2H])c2c(c1[2H])c1c([2H])c(C#N)c([2H])c([2H])c1n2-c1ccc2c(c1)N(c1ccccc1-c1ccc3c(c1)C(c1ccccc1)(c1ccccc1)c1ccccc1-3)c1cc(C(C)(C)C)cc3c1B2c1cc(-c2ccccc2)ccc1N3c1ccccc1-c1ccc2c(c1)C(c1ccccc1)(c1ccccc1)c1ccccc1-2. The molecule has 0 spiro atoms. The molecule has 0 amide bonds. The predicted molar refractivity (Wildman–Crippen MR) is 449 cm³/mol. The molecule has 21 rings (SSSR count). The molecule has 0 bridgehead atoms. The monoisotopic (exact) mass is 1380 g/mol. The molecule has 4 aliphatic rings. The van der Waals surface area contributed by atoms with Crippen LogP contribution in [0.15, 0.2) is 376 Å². The number of hydrogen-bond acceptors (Lipinski definition) is 3. The van der Waals surface area contributed by atoms with E-state index in [2.05, 4.69) is 352 Å². The first-order chi connectivity index (χ1) is 56.1. The summed E-state index contributed by atoms with van der Waals surface area (Å²) in [6.45, 7) is 6.35. The summed E-state index contributed by atoms with van der Waals surface area (Å²) in [6, 6.07) is 120. The largest absolute Gasteiger partial charge is 0.311 e. The van der Waals surface area contributed by atoms with E-state index in [4.69, 9.17) is 1.37 Å². The maximum absolute atomic E-state index is 10.6. The minimum Gasteiger partial charge on any atom is -0.311 e. The Bertz CT molecular complexity index is 6930. The van der Waals surface area contributed by atoms with Crippen LogP contribution >= 0.6 is 0 Å². The van der Waals surface area contributed by atoms with Crippen molar-refractivity contribution in [3.8, 4) is 67.4 Å². The Balaban J connectivity index is 0.865. The van der Waals surface area contributed by atoms with Crippen molar-refractivity contribution >= 4 is 79.0 Å². The van der Waals surface area contributed by atoms with Crippen LogP contribution in [0.4, 0.5) is 34.1 Å². The summed E-state index contributed by atoms with van der Waals surface area (Å²) in [5.41, 5.74) is 28.1. The third kappa shape index (κ3) is 9.17. The lowest BCUT2D eigenvalue weighted by atomic mass is 9.33. The van der Waals surface area contributed by atoms with Crippen LogP contribution in [0.3, 0.4) is 0 Å². The van der Waals surface area contributed by atoms with Gasteiger partial charge in [-0.2, -0.15) is 5.26 Å². The van der Waals surface area contributed by atoms with Crippen LogP contribution in [0.2, 0.25) is 0 Å². The average Bonchev–Trinajstić information content (AvgIpc) is 0.770. The van der Waals surface area contributed by atoms with E-state index in [1.165, 1.54) is 44.5 Å². The van der Waals surface area contributed by atoms with Gasteiger partial charge < -0.3 is 14.4 Å².